The molecule has 0 unspecified atom stereocenters. The van der Waals surface area contributed by atoms with Crippen molar-refractivity contribution in [3.05, 3.63) is 29.5 Å². The number of nitrogens with zero attached hydrogens (tertiary/aromatic N) is 3. The van der Waals surface area contributed by atoms with Crippen molar-refractivity contribution >= 4 is 11.6 Å². The SMILES string of the molecule is CCOc1ccc(-c2nc(Cl)nc(OC)n2)cc1. The third-order valence-electron chi connectivity index (χ3n) is 2.19. The molecule has 0 fully saturated rings. The molecule has 0 amide bonds. The van der Waals surface area contributed by atoms with Crippen LogP contribution in [0.3, 0.4) is 0 Å². The maximum absolute atomic E-state index is 5.79. The zero-order valence-corrected chi connectivity index (χ0v) is 10.8. The van der Waals surface area contributed by atoms with Gasteiger partial charge in [0.05, 0.1) is 13.7 Å². The molecule has 5 nitrogen and oxygen atoms in total. The van der Waals surface area contributed by atoms with Crippen LogP contribution in [0.4, 0.5) is 0 Å². The largest absolute Gasteiger partial charge is 0.494 e. The van der Waals surface area contributed by atoms with Gasteiger partial charge in [-0.05, 0) is 42.8 Å². The lowest BCUT2D eigenvalue weighted by atomic mass is 10.2. The van der Waals surface area contributed by atoms with Crippen LogP contribution in [0.25, 0.3) is 11.4 Å². The third kappa shape index (κ3) is 2.87. The molecule has 6 heteroatoms. The number of halogens is 1. The van der Waals surface area contributed by atoms with E-state index in [4.69, 9.17) is 21.1 Å². The molecule has 2 aromatic rings. The minimum absolute atomic E-state index is 0.103. The van der Waals surface area contributed by atoms with Gasteiger partial charge in [0.1, 0.15) is 5.75 Å². The Labute approximate surface area is 110 Å². The highest BCUT2D eigenvalue weighted by Gasteiger charge is 2.07. The van der Waals surface area contributed by atoms with Gasteiger partial charge in [0.15, 0.2) is 5.82 Å². The van der Waals surface area contributed by atoms with Crippen LogP contribution in [0.15, 0.2) is 24.3 Å². The summed E-state index contributed by atoms with van der Waals surface area (Å²) < 4.78 is 10.3. The molecule has 0 aliphatic rings. The lowest BCUT2D eigenvalue weighted by Crippen LogP contribution is -1.98. The number of aromatic nitrogens is 3. The van der Waals surface area contributed by atoms with E-state index in [1.165, 1.54) is 7.11 Å². The van der Waals surface area contributed by atoms with Gasteiger partial charge in [-0.1, -0.05) is 0 Å². The third-order valence-corrected chi connectivity index (χ3v) is 2.36. The lowest BCUT2D eigenvalue weighted by molar-refractivity contribution is 0.340. The summed E-state index contributed by atoms with van der Waals surface area (Å²) in [5, 5.41) is 0.103. The minimum Gasteiger partial charge on any atom is -0.494 e. The molecule has 1 aromatic heterocycles. The normalized spacial score (nSPS) is 10.2. The van der Waals surface area contributed by atoms with Gasteiger partial charge in [-0.25, -0.2) is 0 Å². The molecule has 1 heterocycles. The number of hydrogen-bond donors (Lipinski definition) is 0. The summed E-state index contributed by atoms with van der Waals surface area (Å²) >= 11 is 5.79. The summed E-state index contributed by atoms with van der Waals surface area (Å²) in [6, 6.07) is 7.61. The van der Waals surface area contributed by atoms with E-state index in [2.05, 4.69) is 15.0 Å². The van der Waals surface area contributed by atoms with E-state index >= 15 is 0 Å². The van der Waals surface area contributed by atoms with Gasteiger partial charge in [-0.3, -0.25) is 0 Å². The Balaban J connectivity index is 2.33. The first kappa shape index (κ1) is 12.6. The first-order valence-electron chi connectivity index (χ1n) is 5.41. The molecular formula is C12H12ClN3O2. The van der Waals surface area contributed by atoms with Crippen molar-refractivity contribution in [1.29, 1.82) is 0 Å². The molecule has 0 atom stereocenters. The molecule has 18 heavy (non-hydrogen) atoms. The van der Waals surface area contributed by atoms with Gasteiger partial charge >= 0.3 is 6.01 Å². The smallest absolute Gasteiger partial charge is 0.321 e. The average Bonchev–Trinajstić information content (AvgIpc) is 2.39. The Morgan fingerprint density at radius 1 is 1.11 bits per heavy atom. The van der Waals surface area contributed by atoms with Crippen LogP contribution in [-0.2, 0) is 0 Å². The molecular weight excluding hydrogens is 254 g/mol. The molecule has 0 spiro atoms. The van der Waals surface area contributed by atoms with Crippen LogP contribution < -0.4 is 9.47 Å². The monoisotopic (exact) mass is 265 g/mol. The van der Waals surface area contributed by atoms with Gasteiger partial charge in [0.25, 0.3) is 0 Å². The topological polar surface area (TPSA) is 57.1 Å². The van der Waals surface area contributed by atoms with Crippen molar-refractivity contribution in [2.24, 2.45) is 0 Å². The summed E-state index contributed by atoms with van der Waals surface area (Å²) in [7, 11) is 1.48. The van der Waals surface area contributed by atoms with E-state index in [0.717, 1.165) is 11.3 Å². The number of ether oxygens (including phenoxy) is 2. The second-order valence-electron chi connectivity index (χ2n) is 3.37. The van der Waals surface area contributed by atoms with E-state index in [0.29, 0.717) is 12.4 Å². The fourth-order valence-corrected chi connectivity index (χ4v) is 1.57. The molecule has 0 N–H and O–H groups in total. The molecule has 0 radical (unpaired) electrons. The van der Waals surface area contributed by atoms with Gasteiger partial charge in [0.2, 0.25) is 5.28 Å². The lowest BCUT2D eigenvalue weighted by Gasteiger charge is -2.05. The van der Waals surface area contributed by atoms with Crippen LogP contribution in [0.1, 0.15) is 6.92 Å². The molecule has 0 aliphatic carbocycles. The quantitative estimate of drug-likeness (QED) is 0.850. The summed E-state index contributed by atoms with van der Waals surface area (Å²) in [6.45, 7) is 2.56. The van der Waals surface area contributed by atoms with Crippen LogP contribution in [0.2, 0.25) is 5.28 Å². The summed E-state index contributed by atoms with van der Waals surface area (Å²) in [5.41, 5.74) is 0.820. The maximum atomic E-state index is 5.79. The van der Waals surface area contributed by atoms with E-state index in [1.54, 1.807) is 0 Å². The van der Waals surface area contributed by atoms with Crippen molar-refractivity contribution in [2.45, 2.75) is 6.92 Å². The van der Waals surface area contributed by atoms with E-state index < -0.39 is 0 Å². The first-order chi connectivity index (χ1) is 8.72. The van der Waals surface area contributed by atoms with Crippen molar-refractivity contribution in [1.82, 2.24) is 15.0 Å². The van der Waals surface area contributed by atoms with E-state index in [-0.39, 0.29) is 11.3 Å². The molecule has 0 aliphatic heterocycles. The summed E-state index contributed by atoms with van der Waals surface area (Å²) in [4.78, 5) is 12.0. The predicted molar refractivity (Wildman–Crippen MR) is 68.0 cm³/mol. The van der Waals surface area contributed by atoms with Crippen LogP contribution >= 0.6 is 11.6 Å². The zero-order chi connectivity index (χ0) is 13.0. The van der Waals surface area contributed by atoms with Crippen molar-refractivity contribution in [2.75, 3.05) is 13.7 Å². The fourth-order valence-electron chi connectivity index (χ4n) is 1.42. The zero-order valence-electron chi connectivity index (χ0n) is 10.1. The number of rotatable bonds is 4. The van der Waals surface area contributed by atoms with Gasteiger partial charge in [0, 0.05) is 5.56 Å². The highest BCUT2D eigenvalue weighted by molar-refractivity contribution is 6.28. The first-order valence-corrected chi connectivity index (χ1v) is 5.79. The molecule has 1 aromatic carbocycles. The fraction of sp³-hybridized carbons (Fsp3) is 0.250. The van der Waals surface area contributed by atoms with Crippen LogP contribution in [0.5, 0.6) is 11.8 Å². The number of benzene rings is 1. The van der Waals surface area contributed by atoms with Crippen LogP contribution in [0, 0.1) is 0 Å². The highest BCUT2D eigenvalue weighted by Crippen LogP contribution is 2.21. The summed E-state index contributed by atoms with van der Waals surface area (Å²) in [6.07, 6.45) is 0. The molecule has 0 saturated carbocycles. The van der Waals surface area contributed by atoms with Crippen molar-refractivity contribution in [3.8, 4) is 23.1 Å². The summed E-state index contributed by atoms with van der Waals surface area (Å²) in [5.74, 6) is 1.27. The standard InChI is InChI=1S/C12H12ClN3O2/c1-3-18-9-6-4-8(5-7-9)10-14-11(13)16-12(15-10)17-2/h4-7H,3H2,1-2H3. The second-order valence-corrected chi connectivity index (χ2v) is 3.71. The minimum atomic E-state index is 0.103. The van der Waals surface area contributed by atoms with Gasteiger partial charge < -0.3 is 9.47 Å². The highest BCUT2D eigenvalue weighted by atomic mass is 35.5. The molecule has 94 valence electrons. The predicted octanol–water partition coefficient (Wildman–Crippen LogP) is 2.60. The van der Waals surface area contributed by atoms with Crippen molar-refractivity contribution < 1.29 is 9.47 Å². The van der Waals surface area contributed by atoms with Gasteiger partial charge in [-0.15, -0.1) is 0 Å². The van der Waals surface area contributed by atoms with E-state index in [1.807, 2.05) is 31.2 Å². The van der Waals surface area contributed by atoms with Crippen molar-refractivity contribution in [3.63, 3.8) is 0 Å². The van der Waals surface area contributed by atoms with Gasteiger partial charge in [-0.2, -0.15) is 15.0 Å². The number of hydrogen-bond acceptors (Lipinski definition) is 5. The second kappa shape index (κ2) is 5.64. The molecule has 0 saturated heterocycles. The van der Waals surface area contributed by atoms with Crippen LogP contribution in [-0.4, -0.2) is 28.7 Å². The number of methoxy groups -OCH3 is 1. The average molecular weight is 266 g/mol. The van der Waals surface area contributed by atoms with E-state index in [9.17, 15) is 0 Å². The Hall–Kier alpha value is -1.88. The molecule has 0 bridgehead atoms. The molecule has 2 rings (SSSR count). The Bertz CT molecular complexity index is 531. The Morgan fingerprint density at radius 3 is 2.44 bits per heavy atom. The maximum Gasteiger partial charge on any atom is 0.321 e. The Morgan fingerprint density at radius 2 is 1.83 bits per heavy atom. The Kier molecular flexibility index (Phi) is 3.94.